The van der Waals surface area contributed by atoms with Crippen molar-refractivity contribution in [3.63, 3.8) is 0 Å². The molecule has 3 nitrogen and oxygen atoms in total. The summed E-state index contributed by atoms with van der Waals surface area (Å²) >= 11 is 6.11. The molecule has 0 fully saturated rings. The zero-order valence-corrected chi connectivity index (χ0v) is 13.8. The molecule has 3 rings (SSSR count). The van der Waals surface area contributed by atoms with Crippen LogP contribution in [0.25, 0.3) is 0 Å². The molecule has 118 valence electrons. The Balaban J connectivity index is 2.03. The predicted molar refractivity (Wildman–Crippen MR) is 93.0 cm³/mol. The summed E-state index contributed by atoms with van der Waals surface area (Å²) in [5, 5.41) is 9.28. The molecule has 0 saturated heterocycles. The third-order valence-electron chi connectivity index (χ3n) is 3.82. The molecular weight excluding hydrogens is 313 g/mol. The van der Waals surface area contributed by atoms with Gasteiger partial charge in [-0.15, -0.1) is 5.10 Å². The first-order chi connectivity index (χ1) is 11.0. The lowest BCUT2D eigenvalue weighted by molar-refractivity contribution is 0.626. The molecule has 5 heteroatoms. The van der Waals surface area contributed by atoms with Gasteiger partial charge in [-0.1, -0.05) is 29.8 Å². The molecule has 0 aliphatic heterocycles. The Morgan fingerprint density at radius 2 is 1.91 bits per heavy atom. The van der Waals surface area contributed by atoms with Crippen molar-refractivity contribution < 1.29 is 4.39 Å². The van der Waals surface area contributed by atoms with Crippen molar-refractivity contribution in [1.82, 2.24) is 4.90 Å². The Hall–Kier alpha value is -2.20. The standard InChI is InChI=1S/C18H17ClFN3/c1-23(2)11-21-22-18-16-8-5-14(19)9-13(16)10-17(18)12-3-6-15(20)7-4-12/h3-9,11,17H,10H2,1-2H3/b21-11+,22-18+. The Kier molecular flexibility index (Phi) is 4.44. The van der Waals surface area contributed by atoms with Crippen molar-refractivity contribution in [3.8, 4) is 0 Å². The van der Waals surface area contributed by atoms with E-state index in [4.69, 9.17) is 11.6 Å². The fourth-order valence-corrected chi connectivity index (χ4v) is 2.97. The molecule has 23 heavy (non-hydrogen) atoms. The monoisotopic (exact) mass is 329 g/mol. The van der Waals surface area contributed by atoms with Gasteiger partial charge in [-0.3, -0.25) is 0 Å². The van der Waals surface area contributed by atoms with Crippen LogP contribution in [0.3, 0.4) is 0 Å². The molecule has 1 atom stereocenters. The molecule has 0 aromatic heterocycles. The van der Waals surface area contributed by atoms with Gasteiger partial charge in [-0.25, -0.2) is 4.39 Å². The first kappa shape index (κ1) is 15.7. The fourth-order valence-electron chi connectivity index (χ4n) is 2.77. The van der Waals surface area contributed by atoms with Gasteiger partial charge in [-0.05, 0) is 41.8 Å². The minimum Gasteiger partial charge on any atom is -0.367 e. The highest BCUT2D eigenvalue weighted by molar-refractivity contribution is 6.31. The largest absolute Gasteiger partial charge is 0.367 e. The molecule has 1 aliphatic carbocycles. The SMILES string of the molecule is CN(C)/C=N/N=C1\c2ccc(Cl)cc2CC1c1ccc(F)cc1. The quantitative estimate of drug-likeness (QED) is 0.473. The van der Waals surface area contributed by atoms with E-state index in [0.29, 0.717) is 5.02 Å². The lowest BCUT2D eigenvalue weighted by Gasteiger charge is -2.11. The van der Waals surface area contributed by atoms with E-state index >= 15 is 0 Å². The Bertz CT molecular complexity index is 766. The highest BCUT2D eigenvalue weighted by Gasteiger charge is 2.30. The Morgan fingerprint density at radius 1 is 1.17 bits per heavy atom. The van der Waals surface area contributed by atoms with E-state index in [0.717, 1.165) is 28.8 Å². The van der Waals surface area contributed by atoms with Crippen LogP contribution < -0.4 is 0 Å². The fraction of sp³-hybridized carbons (Fsp3) is 0.222. The molecule has 2 aromatic rings. The number of halogens is 2. The molecule has 0 saturated carbocycles. The summed E-state index contributed by atoms with van der Waals surface area (Å²) in [5.74, 6) is -0.181. The van der Waals surface area contributed by atoms with Crippen LogP contribution in [0, 0.1) is 5.82 Å². The maximum atomic E-state index is 13.2. The van der Waals surface area contributed by atoms with Crippen LogP contribution in [0.4, 0.5) is 4.39 Å². The number of nitrogens with zero attached hydrogens (tertiary/aromatic N) is 3. The summed E-state index contributed by atoms with van der Waals surface area (Å²) in [5.41, 5.74) is 4.11. The molecule has 2 aromatic carbocycles. The van der Waals surface area contributed by atoms with Crippen LogP contribution in [0.1, 0.15) is 22.6 Å². The van der Waals surface area contributed by atoms with E-state index < -0.39 is 0 Å². The third-order valence-corrected chi connectivity index (χ3v) is 4.05. The average molecular weight is 330 g/mol. The van der Waals surface area contributed by atoms with Crippen molar-refractivity contribution in [1.29, 1.82) is 0 Å². The maximum Gasteiger partial charge on any atom is 0.123 e. The van der Waals surface area contributed by atoms with Crippen molar-refractivity contribution in [2.45, 2.75) is 12.3 Å². The molecule has 0 heterocycles. The van der Waals surface area contributed by atoms with Crippen molar-refractivity contribution in [2.24, 2.45) is 10.2 Å². The number of hydrogen-bond donors (Lipinski definition) is 0. The van der Waals surface area contributed by atoms with Gasteiger partial charge in [0.25, 0.3) is 0 Å². The van der Waals surface area contributed by atoms with Gasteiger partial charge in [0.2, 0.25) is 0 Å². The number of rotatable bonds is 3. The van der Waals surface area contributed by atoms with Crippen molar-refractivity contribution in [2.75, 3.05) is 14.1 Å². The highest BCUT2D eigenvalue weighted by Crippen LogP contribution is 2.36. The normalized spacial score (nSPS) is 18.6. The van der Waals surface area contributed by atoms with Crippen LogP contribution in [0.2, 0.25) is 5.02 Å². The Labute approximate surface area is 140 Å². The van der Waals surface area contributed by atoms with E-state index in [1.165, 1.54) is 12.1 Å². The number of hydrogen-bond acceptors (Lipinski definition) is 2. The van der Waals surface area contributed by atoms with Crippen LogP contribution >= 0.6 is 11.6 Å². The smallest absolute Gasteiger partial charge is 0.123 e. The summed E-state index contributed by atoms with van der Waals surface area (Å²) in [7, 11) is 3.78. The van der Waals surface area contributed by atoms with Gasteiger partial charge in [0, 0.05) is 30.6 Å². The molecule has 0 bridgehead atoms. The summed E-state index contributed by atoms with van der Waals surface area (Å²) in [6.45, 7) is 0. The first-order valence-corrected chi connectivity index (χ1v) is 7.74. The highest BCUT2D eigenvalue weighted by atomic mass is 35.5. The lowest BCUT2D eigenvalue weighted by Crippen LogP contribution is -2.10. The first-order valence-electron chi connectivity index (χ1n) is 7.36. The van der Waals surface area contributed by atoms with Gasteiger partial charge >= 0.3 is 0 Å². The molecular formula is C18H17ClFN3. The van der Waals surface area contributed by atoms with E-state index in [2.05, 4.69) is 10.2 Å². The minimum absolute atomic E-state index is 0.0587. The second kappa shape index (κ2) is 6.50. The summed E-state index contributed by atoms with van der Waals surface area (Å²) in [4.78, 5) is 1.83. The molecule has 0 amide bonds. The van der Waals surface area contributed by atoms with Gasteiger partial charge in [0.1, 0.15) is 12.2 Å². The summed E-state index contributed by atoms with van der Waals surface area (Å²) in [6.07, 6.45) is 2.44. The molecule has 0 spiro atoms. The van der Waals surface area contributed by atoms with Crippen LogP contribution in [-0.2, 0) is 6.42 Å². The second-order valence-electron chi connectivity index (χ2n) is 5.79. The minimum atomic E-state index is -0.239. The average Bonchev–Trinajstić information content (AvgIpc) is 2.85. The zero-order chi connectivity index (χ0) is 16.4. The van der Waals surface area contributed by atoms with E-state index in [1.54, 1.807) is 18.5 Å². The van der Waals surface area contributed by atoms with Gasteiger partial charge in [0.05, 0.1) is 5.71 Å². The molecule has 0 radical (unpaired) electrons. The van der Waals surface area contributed by atoms with Crippen LogP contribution in [0.15, 0.2) is 52.7 Å². The van der Waals surface area contributed by atoms with E-state index in [9.17, 15) is 4.39 Å². The Morgan fingerprint density at radius 3 is 2.61 bits per heavy atom. The van der Waals surface area contributed by atoms with Crippen LogP contribution in [-0.4, -0.2) is 31.0 Å². The zero-order valence-electron chi connectivity index (χ0n) is 13.0. The molecule has 1 unspecified atom stereocenters. The molecule has 1 aliphatic rings. The number of benzene rings is 2. The molecule has 0 N–H and O–H groups in total. The van der Waals surface area contributed by atoms with Gasteiger partial charge in [-0.2, -0.15) is 5.10 Å². The lowest BCUT2D eigenvalue weighted by atomic mass is 9.95. The number of fused-ring (bicyclic) bond motifs is 1. The van der Waals surface area contributed by atoms with Crippen molar-refractivity contribution in [3.05, 3.63) is 70.0 Å². The predicted octanol–water partition coefficient (Wildman–Crippen LogP) is 4.11. The van der Waals surface area contributed by atoms with Gasteiger partial charge in [0.15, 0.2) is 0 Å². The van der Waals surface area contributed by atoms with Crippen molar-refractivity contribution >= 4 is 23.7 Å². The van der Waals surface area contributed by atoms with Gasteiger partial charge < -0.3 is 4.90 Å². The van der Waals surface area contributed by atoms with E-state index in [-0.39, 0.29) is 11.7 Å². The van der Waals surface area contributed by atoms with Crippen LogP contribution in [0.5, 0.6) is 0 Å². The third kappa shape index (κ3) is 3.42. The van der Waals surface area contributed by atoms with E-state index in [1.807, 2.05) is 37.2 Å². The maximum absolute atomic E-state index is 13.2. The summed E-state index contributed by atoms with van der Waals surface area (Å²) in [6, 6.07) is 12.4. The topological polar surface area (TPSA) is 28.0 Å². The summed E-state index contributed by atoms with van der Waals surface area (Å²) < 4.78 is 13.2. The second-order valence-corrected chi connectivity index (χ2v) is 6.23.